The number of benzene rings is 2. The van der Waals surface area contributed by atoms with E-state index in [9.17, 15) is 4.79 Å². The first-order valence-corrected chi connectivity index (χ1v) is 6.04. The van der Waals surface area contributed by atoms with E-state index < -0.39 is 5.97 Å². The van der Waals surface area contributed by atoms with Crippen molar-refractivity contribution in [2.45, 2.75) is 13.8 Å². The van der Waals surface area contributed by atoms with Crippen LogP contribution >= 0.6 is 0 Å². The highest BCUT2D eigenvalue weighted by atomic mass is 16.5. The Hall–Kier alpha value is -2.29. The summed E-state index contributed by atoms with van der Waals surface area (Å²) < 4.78 is 10.5. The van der Waals surface area contributed by atoms with Gasteiger partial charge in [0, 0.05) is 0 Å². The van der Waals surface area contributed by atoms with Crippen LogP contribution < -0.4 is 9.47 Å². The van der Waals surface area contributed by atoms with Crippen molar-refractivity contribution in [3.8, 4) is 11.5 Å². The molecule has 3 heteroatoms. The van der Waals surface area contributed by atoms with E-state index in [1.807, 2.05) is 32.0 Å². The third kappa shape index (κ3) is 2.94. The van der Waals surface area contributed by atoms with Crippen LogP contribution in [0.5, 0.6) is 11.5 Å². The number of methoxy groups -OCH3 is 1. The fourth-order valence-electron chi connectivity index (χ4n) is 1.75. The second kappa shape index (κ2) is 5.57. The summed E-state index contributed by atoms with van der Waals surface area (Å²) in [5.74, 6) is 0.635. The normalized spacial score (nSPS) is 10.1. The molecule has 2 aromatic carbocycles. The van der Waals surface area contributed by atoms with Gasteiger partial charge in [0.2, 0.25) is 0 Å². The molecule has 0 amide bonds. The van der Waals surface area contributed by atoms with E-state index in [2.05, 4.69) is 0 Å². The number of carbonyl (C=O) groups is 1. The van der Waals surface area contributed by atoms with Crippen LogP contribution in [0.2, 0.25) is 0 Å². The summed E-state index contributed by atoms with van der Waals surface area (Å²) in [4.78, 5) is 12.1. The predicted octanol–water partition coefficient (Wildman–Crippen LogP) is 3.53. The van der Waals surface area contributed by atoms with Crippen molar-refractivity contribution in [1.82, 2.24) is 0 Å². The Balaban J connectivity index is 2.23. The summed E-state index contributed by atoms with van der Waals surface area (Å²) in [7, 11) is 1.53. The number of hydrogen-bond donors (Lipinski definition) is 0. The van der Waals surface area contributed by atoms with Crippen LogP contribution in [-0.2, 0) is 0 Å². The molecule has 2 aromatic rings. The Kier molecular flexibility index (Phi) is 3.85. The lowest BCUT2D eigenvalue weighted by atomic mass is 10.1. The van der Waals surface area contributed by atoms with Crippen LogP contribution in [0.25, 0.3) is 0 Å². The van der Waals surface area contributed by atoms with E-state index in [4.69, 9.17) is 9.47 Å². The molecule has 0 saturated heterocycles. The second-order valence-corrected chi connectivity index (χ2v) is 4.34. The van der Waals surface area contributed by atoms with Gasteiger partial charge in [-0.1, -0.05) is 18.2 Å². The van der Waals surface area contributed by atoms with Gasteiger partial charge in [-0.25, -0.2) is 4.79 Å². The van der Waals surface area contributed by atoms with Crippen molar-refractivity contribution in [2.75, 3.05) is 7.11 Å². The summed E-state index contributed by atoms with van der Waals surface area (Å²) in [6, 6.07) is 12.6. The van der Waals surface area contributed by atoms with Crippen LogP contribution in [0.3, 0.4) is 0 Å². The maximum absolute atomic E-state index is 12.1. The summed E-state index contributed by atoms with van der Waals surface area (Å²) in [5, 5.41) is 0. The molecule has 0 aliphatic carbocycles. The molecule has 0 heterocycles. The maximum Gasteiger partial charge on any atom is 0.347 e. The smallest absolute Gasteiger partial charge is 0.347 e. The third-order valence-corrected chi connectivity index (χ3v) is 3.02. The van der Waals surface area contributed by atoms with Gasteiger partial charge >= 0.3 is 5.97 Å². The molecule has 0 unspecified atom stereocenters. The molecule has 98 valence electrons. The van der Waals surface area contributed by atoms with Crippen LogP contribution in [0.4, 0.5) is 0 Å². The molecular weight excluding hydrogens is 240 g/mol. The van der Waals surface area contributed by atoms with Crippen molar-refractivity contribution in [3.63, 3.8) is 0 Å². The Morgan fingerprint density at radius 3 is 2.42 bits per heavy atom. The summed E-state index contributed by atoms with van der Waals surface area (Å²) >= 11 is 0. The summed E-state index contributed by atoms with van der Waals surface area (Å²) in [5.41, 5.74) is 2.67. The molecule has 0 saturated carbocycles. The summed E-state index contributed by atoms with van der Waals surface area (Å²) in [6.45, 7) is 4.00. The number of hydrogen-bond acceptors (Lipinski definition) is 3. The zero-order valence-electron chi connectivity index (χ0n) is 11.3. The van der Waals surface area contributed by atoms with Crippen molar-refractivity contribution in [3.05, 3.63) is 59.2 Å². The number of carbonyl (C=O) groups excluding carboxylic acids is 1. The standard InChI is InChI=1S/C16H16O3/c1-11-8-9-13(10-12(11)2)19-16(17)14-6-4-5-7-15(14)18-3/h4-10H,1-3H3. The molecule has 0 bridgehead atoms. The lowest BCUT2D eigenvalue weighted by molar-refractivity contribution is 0.0731. The van der Waals surface area contributed by atoms with E-state index >= 15 is 0 Å². The first-order valence-electron chi connectivity index (χ1n) is 6.04. The molecule has 0 atom stereocenters. The van der Waals surface area contributed by atoms with Gasteiger partial charge in [0.1, 0.15) is 17.1 Å². The van der Waals surface area contributed by atoms with E-state index in [1.165, 1.54) is 7.11 Å². The first-order chi connectivity index (χ1) is 9.11. The third-order valence-electron chi connectivity index (χ3n) is 3.02. The van der Waals surface area contributed by atoms with Gasteiger partial charge in [-0.2, -0.15) is 0 Å². The maximum atomic E-state index is 12.1. The number of ether oxygens (including phenoxy) is 2. The van der Waals surface area contributed by atoms with Crippen LogP contribution in [0.15, 0.2) is 42.5 Å². The molecule has 0 aliphatic heterocycles. The van der Waals surface area contributed by atoms with Crippen molar-refractivity contribution in [1.29, 1.82) is 0 Å². The van der Waals surface area contributed by atoms with Crippen molar-refractivity contribution >= 4 is 5.97 Å². The monoisotopic (exact) mass is 256 g/mol. The van der Waals surface area contributed by atoms with Crippen molar-refractivity contribution < 1.29 is 14.3 Å². The van der Waals surface area contributed by atoms with Crippen LogP contribution in [0, 0.1) is 13.8 Å². The Morgan fingerprint density at radius 2 is 1.74 bits per heavy atom. The van der Waals surface area contributed by atoms with E-state index in [0.717, 1.165) is 11.1 Å². The Labute approximate surface area is 112 Å². The average Bonchev–Trinajstić information content (AvgIpc) is 2.43. The average molecular weight is 256 g/mol. The van der Waals surface area contributed by atoms with Gasteiger partial charge < -0.3 is 9.47 Å². The minimum absolute atomic E-state index is 0.416. The SMILES string of the molecule is COc1ccccc1C(=O)Oc1ccc(C)c(C)c1. The Morgan fingerprint density at radius 1 is 1.00 bits per heavy atom. The minimum atomic E-state index is -0.416. The zero-order valence-corrected chi connectivity index (χ0v) is 11.3. The second-order valence-electron chi connectivity index (χ2n) is 4.34. The fourth-order valence-corrected chi connectivity index (χ4v) is 1.75. The lowest BCUT2D eigenvalue weighted by Crippen LogP contribution is -2.10. The Bertz CT molecular complexity index is 603. The quantitative estimate of drug-likeness (QED) is 0.622. The zero-order chi connectivity index (χ0) is 13.8. The molecule has 0 aliphatic rings. The topological polar surface area (TPSA) is 35.5 Å². The number of para-hydroxylation sites is 1. The number of aryl methyl sites for hydroxylation is 2. The van der Waals surface area contributed by atoms with Gasteiger partial charge in [-0.05, 0) is 49.2 Å². The lowest BCUT2D eigenvalue weighted by Gasteiger charge is -2.09. The van der Waals surface area contributed by atoms with Crippen LogP contribution in [0.1, 0.15) is 21.5 Å². The highest BCUT2D eigenvalue weighted by Gasteiger charge is 2.13. The summed E-state index contributed by atoms with van der Waals surface area (Å²) in [6.07, 6.45) is 0. The van der Waals surface area contributed by atoms with Gasteiger partial charge in [-0.3, -0.25) is 0 Å². The number of rotatable bonds is 3. The molecule has 19 heavy (non-hydrogen) atoms. The van der Waals surface area contributed by atoms with Crippen molar-refractivity contribution in [2.24, 2.45) is 0 Å². The van der Waals surface area contributed by atoms with E-state index in [0.29, 0.717) is 17.1 Å². The molecule has 0 radical (unpaired) electrons. The molecule has 0 spiro atoms. The van der Waals surface area contributed by atoms with Crippen LogP contribution in [-0.4, -0.2) is 13.1 Å². The van der Waals surface area contributed by atoms with Gasteiger partial charge in [0.25, 0.3) is 0 Å². The molecule has 0 aromatic heterocycles. The molecular formula is C16H16O3. The highest BCUT2D eigenvalue weighted by Crippen LogP contribution is 2.21. The largest absolute Gasteiger partial charge is 0.496 e. The van der Waals surface area contributed by atoms with E-state index in [1.54, 1.807) is 24.3 Å². The van der Waals surface area contributed by atoms with Gasteiger partial charge in [0.15, 0.2) is 0 Å². The molecule has 2 rings (SSSR count). The minimum Gasteiger partial charge on any atom is -0.496 e. The van der Waals surface area contributed by atoms with E-state index in [-0.39, 0.29) is 0 Å². The predicted molar refractivity (Wildman–Crippen MR) is 73.9 cm³/mol. The number of esters is 1. The fraction of sp³-hybridized carbons (Fsp3) is 0.188. The first kappa shape index (κ1) is 13.1. The molecule has 0 fully saturated rings. The van der Waals surface area contributed by atoms with Gasteiger partial charge in [-0.15, -0.1) is 0 Å². The molecule has 3 nitrogen and oxygen atoms in total. The highest BCUT2D eigenvalue weighted by molar-refractivity contribution is 5.94. The van der Waals surface area contributed by atoms with Gasteiger partial charge in [0.05, 0.1) is 7.11 Å². The molecule has 0 N–H and O–H groups in total.